The molecule has 19 heavy (non-hydrogen) atoms. The fourth-order valence-corrected chi connectivity index (χ4v) is 2.47. The molecule has 0 atom stereocenters. The van der Waals surface area contributed by atoms with Crippen molar-refractivity contribution >= 4 is 38.9 Å². The van der Waals surface area contributed by atoms with Crippen molar-refractivity contribution in [3.05, 3.63) is 82.3 Å². The van der Waals surface area contributed by atoms with Crippen LogP contribution in [-0.2, 0) is 0 Å². The van der Waals surface area contributed by atoms with E-state index >= 15 is 0 Å². The zero-order valence-corrected chi connectivity index (χ0v) is 12.0. The minimum absolute atomic E-state index is 1.12. The Morgan fingerprint density at radius 2 is 1.32 bits per heavy atom. The Bertz CT molecular complexity index is 727. The number of hydrogen-bond acceptors (Lipinski definition) is 0. The molecule has 0 unspecified atom stereocenters. The van der Waals surface area contributed by atoms with E-state index in [1.54, 1.807) is 0 Å². The maximum atomic E-state index is 3.50. The molecule has 0 radical (unpaired) electrons. The van der Waals surface area contributed by atoms with Gasteiger partial charge in [0.2, 0.25) is 0 Å². The van der Waals surface area contributed by atoms with Gasteiger partial charge in [0.15, 0.2) is 0 Å². The van der Waals surface area contributed by atoms with E-state index in [0.717, 1.165) is 4.47 Å². The van der Waals surface area contributed by atoms with Crippen LogP contribution in [0.3, 0.4) is 0 Å². The Labute approximate surface area is 121 Å². The lowest BCUT2D eigenvalue weighted by Gasteiger charge is -2.00. The first-order valence-corrected chi connectivity index (χ1v) is 7.03. The van der Waals surface area contributed by atoms with Crippen LogP contribution in [0.1, 0.15) is 11.1 Å². The molecule has 3 rings (SSSR count). The smallest absolute Gasteiger partial charge is 0.0181 e. The molecule has 0 spiro atoms. The van der Waals surface area contributed by atoms with E-state index in [2.05, 4.69) is 88.7 Å². The Morgan fingerprint density at radius 1 is 0.632 bits per heavy atom. The third-order valence-corrected chi connectivity index (χ3v) is 3.59. The molecule has 0 aromatic heterocycles. The third-order valence-electron chi connectivity index (χ3n) is 3.09. The van der Waals surface area contributed by atoms with Gasteiger partial charge in [-0.15, -0.1) is 0 Å². The van der Waals surface area contributed by atoms with Gasteiger partial charge in [0.05, 0.1) is 0 Å². The van der Waals surface area contributed by atoms with Crippen LogP contribution in [-0.4, -0.2) is 0 Å². The standard InChI is InChI=1S/C18H13Br/c19-18-11-10-16-12-15(8-9-17(16)13-18)7-6-14-4-2-1-3-5-14/h1-13H. The molecule has 0 saturated heterocycles. The van der Waals surface area contributed by atoms with Gasteiger partial charge in [0.1, 0.15) is 0 Å². The highest BCUT2D eigenvalue weighted by Crippen LogP contribution is 2.21. The summed E-state index contributed by atoms with van der Waals surface area (Å²) < 4.78 is 1.12. The summed E-state index contributed by atoms with van der Waals surface area (Å²) in [6.07, 6.45) is 4.29. The van der Waals surface area contributed by atoms with Gasteiger partial charge in [-0.05, 0) is 40.1 Å². The molecule has 1 heteroatoms. The van der Waals surface area contributed by atoms with E-state index in [-0.39, 0.29) is 0 Å². The molecule has 0 fully saturated rings. The number of fused-ring (bicyclic) bond motifs is 1. The Hall–Kier alpha value is -1.86. The molecular formula is C18H13Br. The number of hydrogen-bond donors (Lipinski definition) is 0. The predicted molar refractivity (Wildman–Crippen MR) is 87.0 cm³/mol. The monoisotopic (exact) mass is 308 g/mol. The minimum atomic E-state index is 1.12. The Balaban J connectivity index is 1.94. The predicted octanol–water partition coefficient (Wildman–Crippen LogP) is 5.77. The van der Waals surface area contributed by atoms with Crippen LogP contribution in [0.2, 0.25) is 0 Å². The maximum Gasteiger partial charge on any atom is 0.0181 e. The van der Waals surface area contributed by atoms with Crippen molar-refractivity contribution in [2.24, 2.45) is 0 Å². The second-order valence-electron chi connectivity index (χ2n) is 4.49. The van der Waals surface area contributed by atoms with E-state index in [1.165, 1.54) is 21.9 Å². The zero-order chi connectivity index (χ0) is 13.1. The summed E-state index contributed by atoms with van der Waals surface area (Å²) in [4.78, 5) is 0. The van der Waals surface area contributed by atoms with Gasteiger partial charge in [-0.2, -0.15) is 0 Å². The summed E-state index contributed by atoms with van der Waals surface area (Å²) in [6.45, 7) is 0. The molecule has 0 bridgehead atoms. The second-order valence-corrected chi connectivity index (χ2v) is 5.41. The van der Waals surface area contributed by atoms with E-state index in [9.17, 15) is 0 Å². The molecule has 0 aliphatic rings. The van der Waals surface area contributed by atoms with Crippen LogP contribution in [0.15, 0.2) is 71.2 Å². The highest BCUT2D eigenvalue weighted by molar-refractivity contribution is 9.10. The molecule has 92 valence electrons. The van der Waals surface area contributed by atoms with Crippen LogP contribution in [0.4, 0.5) is 0 Å². The van der Waals surface area contributed by atoms with E-state index in [1.807, 2.05) is 6.07 Å². The van der Waals surface area contributed by atoms with Gasteiger partial charge in [0, 0.05) is 4.47 Å². The summed E-state index contributed by atoms with van der Waals surface area (Å²) in [5.74, 6) is 0. The second kappa shape index (κ2) is 5.41. The van der Waals surface area contributed by atoms with Crippen LogP contribution in [0.25, 0.3) is 22.9 Å². The lowest BCUT2D eigenvalue weighted by molar-refractivity contribution is 1.65. The van der Waals surface area contributed by atoms with E-state index in [0.29, 0.717) is 0 Å². The molecule has 0 amide bonds. The number of benzene rings is 3. The van der Waals surface area contributed by atoms with Gasteiger partial charge >= 0.3 is 0 Å². The molecule has 3 aromatic rings. The van der Waals surface area contributed by atoms with Crippen molar-refractivity contribution in [1.29, 1.82) is 0 Å². The van der Waals surface area contributed by atoms with Gasteiger partial charge in [0.25, 0.3) is 0 Å². The highest BCUT2D eigenvalue weighted by atomic mass is 79.9. The first-order valence-electron chi connectivity index (χ1n) is 6.24. The van der Waals surface area contributed by atoms with Crippen LogP contribution < -0.4 is 0 Å². The Morgan fingerprint density at radius 3 is 2.16 bits per heavy atom. The summed E-state index contributed by atoms with van der Waals surface area (Å²) in [5.41, 5.74) is 2.44. The third kappa shape index (κ3) is 2.94. The molecule has 0 heterocycles. The van der Waals surface area contributed by atoms with Gasteiger partial charge < -0.3 is 0 Å². The summed E-state index contributed by atoms with van der Waals surface area (Å²) >= 11 is 3.50. The van der Waals surface area contributed by atoms with Gasteiger partial charge in [-0.25, -0.2) is 0 Å². The van der Waals surface area contributed by atoms with Crippen LogP contribution in [0.5, 0.6) is 0 Å². The largest absolute Gasteiger partial charge is 0.0622 e. The summed E-state index contributed by atoms with van der Waals surface area (Å²) in [7, 11) is 0. The average Bonchev–Trinajstić information content (AvgIpc) is 2.46. The lowest BCUT2D eigenvalue weighted by Crippen LogP contribution is -1.76. The number of rotatable bonds is 2. The van der Waals surface area contributed by atoms with Crippen LogP contribution >= 0.6 is 15.9 Å². The van der Waals surface area contributed by atoms with Gasteiger partial charge in [-0.1, -0.05) is 76.6 Å². The number of halogens is 1. The summed E-state index contributed by atoms with van der Waals surface area (Å²) in [5, 5.41) is 2.52. The van der Waals surface area contributed by atoms with Crippen molar-refractivity contribution < 1.29 is 0 Å². The minimum Gasteiger partial charge on any atom is -0.0622 e. The SMILES string of the molecule is Brc1ccc2cc(C=Cc3ccccc3)ccc2c1. The molecular weight excluding hydrogens is 296 g/mol. The van der Waals surface area contributed by atoms with E-state index in [4.69, 9.17) is 0 Å². The lowest BCUT2D eigenvalue weighted by atomic mass is 10.1. The summed E-state index contributed by atoms with van der Waals surface area (Å²) in [6, 6.07) is 23.2. The average molecular weight is 309 g/mol. The topological polar surface area (TPSA) is 0 Å². The van der Waals surface area contributed by atoms with Crippen molar-refractivity contribution in [2.75, 3.05) is 0 Å². The van der Waals surface area contributed by atoms with Crippen molar-refractivity contribution in [3.63, 3.8) is 0 Å². The zero-order valence-electron chi connectivity index (χ0n) is 10.4. The van der Waals surface area contributed by atoms with Crippen molar-refractivity contribution in [1.82, 2.24) is 0 Å². The van der Waals surface area contributed by atoms with Crippen molar-refractivity contribution in [2.45, 2.75) is 0 Å². The fraction of sp³-hybridized carbons (Fsp3) is 0. The molecule has 0 aliphatic heterocycles. The molecule has 3 aromatic carbocycles. The van der Waals surface area contributed by atoms with Crippen LogP contribution in [0, 0.1) is 0 Å². The highest BCUT2D eigenvalue weighted by Gasteiger charge is 1.95. The fourth-order valence-electron chi connectivity index (χ4n) is 2.10. The molecule has 0 nitrogen and oxygen atoms in total. The van der Waals surface area contributed by atoms with E-state index < -0.39 is 0 Å². The molecule has 0 N–H and O–H groups in total. The first-order chi connectivity index (χ1) is 9.31. The van der Waals surface area contributed by atoms with Crippen molar-refractivity contribution in [3.8, 4) is 0 Å². The normalized spacial score (nSPS) is 11.2. The maximum absolute atomic E-state index is 3.50. The molecule has 0 aliphatic carbocycles. The molecule has 0 saturated carbocycles. The first kappa shape index (κ1) is 12.2. The Kier molecular flexibility index (Phi) is 3.47. The van der Waals surface area contributed by atoms with Gasteiger partial charge in [-0.3, -0.25) is 0 Å². The quantitative estimate of drug-likeness (QED) is 0.527.